The first-order valence-corrected chi connectivity index (χ1v) is 11.6. The van der Waals surface area contributed by atoms with Crippen molar-refractivity contribution in [1.82, 2.24) is 15.5 Å². The second-order valence-electron chi connectivity index (χ2n) is 9.19. The topological polar surface area (TPSA) is 97.5 Å². The van der Waals surface area contributed by atoms with Crippen LogP contribution >= 0.6 is 11.6 Å². The summed E-state index contributed by atoms with van der Waals surface area (Å²) in [7, 11) is 0. The number of aliphatic hydroxyl groups excluding tert-OH is 1. The van der Waals surface area contributed by atoms with E-state index in [0.29, 0.717) is 37.0 Å². The van der Waals surface area contributed by atoms with Gasteiger partial charge in [0.2, 0.25) is 11.8 Å². The summed E-state index contributed by atoms with van der Waals surface area (Å²) < 4.78 is 53.7. The van der Waals surface area contributed by atoms with E-state index in [4.69, 9.17) is 20.8 Å². The number of rotatable bonds is 6. The van der Waals surface area contributed by atoms with Crippen molar-refractivity contribution >= 4 is 17.5 Å². The second-order valence-corrected chi connectivity index (χ2v) is 9.59. The second kappa shape index (κ2) is 12.0. The predicted octanol–water partition coefficient (Wildman–Crippen LogP) is 4.80. The Hall–Kier alpha value is -1.35. The van der Waals surface area contributed by atoms with Crippen molar-refractivity contribution in [2.24, 2.45) is 0 Å². The Kier molecular flexibility index (Phi) is 9.75. The van der Waals surface area contributed by atoms with Crippen molar-refractivity contribution in [1.29, 1.82) is 0 Å². The van der Waals surface area contributed by atoms with Crippen LogP contribution in [-0.4, -0.2) is 39.5 Å². The van der Waals surface area contributed by atoms with E-state index in [1.54, 1.807) is 0 Å². The van der Waals surface area contributed by atoms with E-state index in [2.05, 4.69) is 21.9 Å². The smallest absolute Gasteiger partial charge is 0.484 e. The molecule has 4 fully saturated rings. The molecule has 1 aromatic carbocycles. The van der Waals surface area contributed by atoms with Gasteiger partial charge < -0.3 is 39.2 Å². The molecule has 1 amide bonds. The molecular weight excluding hydrogens is 732 g/mol. The molecule has 0 saturated heterocycles. The molecule has 13 heteroatoms. The number of hydrogen-bond donors (Lipinski definition) is 2. The fourth-order valence-corrected chi connectivity index (χ4v) is 5.08. The van der Waals surface area contributed by atoms with Gasteiger partial charge in [0.05, 0.1) is 22.1 Å². The van der Waals surface area contributed by atoms with Crippen LogP contribution in [0, 0.1) is 50.0 Å². The molecule has 2 N–H and O–H groups in total. The maximum absolute atomic E-state index is 13.5. The maximum Gasteiger partial charge on any atom is 2.00 e. The minimum Gasteiger partial charge on any atom is -0.484 e. The van der Waals surface area contributed by atoms with Gasteiger partial charge in [-0.05, 0) is 50.2 Å². The molecule has 1 unspecified atom stereocenters. The number of fused-ring (bicyclic) bond motifs is 3. The van der Waals surface area contributed by atoms with Crippen LogP contribution in [0.3, 0.4) is 0 Å². The summed E-state index contributed by atoms with van der Waals surface area (Å²) in [5, 5.41) is 22.5. The fraction of sp³-hybridized carbons (Fsp3) is 0.522. The van der Waals surface area contributed by atoms with Gasteiger partial charge in [0.1, 0.15) is 11.6 Å². The fourth-order valence-electron chi connectivity index (χ4n) is 4.97. The van der Waals surface area contributed by atoms with Gasteiger partial charge >= 0.3 is 31.1 Å². The third-order valence-electron chi connectivity index (χ3n) is 7.12. The molecule has 194 valence electrons. The van der Waals surface area contributed by atoms with Gasteiger partial charge in [-0.15, -0.1) is 10.2 Å². The van der Waals surface area contributed by atoms with E-state index < -0.39 is 24.1 Å². The molecular formula is C23H24ClF4N3O4U. The monoisotopic (exact) mass is 755 g/mol. The predicted molar refractivity (Wildman–Crippen MR) is 116 cm³/mol. The Morgan fingerprint density at radius 3 is 2.47 bits per heavy atom. The number of aromatic nitrogens is 2. The third-order valence-corrected chi connectivity index (χ3v) is 7.42. The van der Waals surface area contributed by atoms with Crippen LogP contribution in [-0.2, 0) is 10.2 Å². The third kappa shape index (κ3) is 6.37. The molecule has 1 heterocycles. The first-order chi connectivity index (χ1) is 16.6. The Bertz CT molecular complexity index is 1050. The number of nitrogens with zero attached hydrogens (tertiary/aromatic N) is 2. The van der Waals surface area contributed by atoms with E-state index in [-0.39, 0.29) is 59.8 Å². The Morgan fingerprint density at radius 2 is 1.92 bits per heavy atom. The van der Waals surface area contributed by atoms with Crippen molar-refractivity contribution in [2.45, 2.75) is 67.9 Å². The summed E-state index contributed by atoms with van der Waals surface area (Å²) in [6.45, 7) is -3.36. The molecule has 1 aromatic heterocycles. The average molecular weight is 756 g/mol. The molecule has 0 aliphatic heterocycles. The van der Waals surface area contributed by atoms with Gasteiger partial charge in [0.15, 0.2) is 13.3 Å². The molecule has 6 rings (SSSR count). The number of ether oxygens (including phenoxy) is 1. The SMILES string of the molecule is F[C-](F)F.O=C(COc1ccc(Cl)c(F)c1)NC12CCC(c3nnc(C4C[CH-]C4)o3)(CC1)CC2O.[U+2]. The van der Waals surface area contributed by atoms with Crippen LogP contribution in [0.25, 0.3) is 0 Å². The minimum absolute atomic E-state index is 0. The van der Waals surface area contributed by atoms with Crippen molar-refractivity contribution in [2.75, 3.05) is 6.61 Å². The zero-order valence-electron chi connectivity index (χ0n) is 19.1. The quantitative estimate of drug-likeness (QED) is 0.325. The van der Waals surface area contributed by atoms with Crippen molar-refractivity contribution < 1.29 is 67.7 Å². The largest absolute Gasteiger partial charge is 2.00 e. The van der Waals surface area contributed by atoms with E-state index in [1.807, 2.05) is 0 Å². The number of carbonyl (C=O) groups excluding carboxylic acids is 1. The number of benzene rings is 1. The Balaban J connectivity index is 0.000000674. The van der Waals surface area contributed by atoms with E-state index >= 15 is 0 Å². The number of nitrogens with one attached hydrogen (secondary N) is 1. The van der Waals surface area contributed by atoms with Gasteiger partial charge in [-0.3, -0.25) is 4.79 Å². The van der Waals surface area contributed by atoms with Crippen molar-refractivity contribution in [3.8, 4) is 5.75 Å². The molecule has 4 aliphatic rings. The van der Waals surface area contributed by atoms with E-state index in [9.17, 15) is 27.5 Å². The summed E-state index contributed by atoms with van der Waals surface area (Å²) in [6, 6.07) is 4.01. The Morgan fingerprint density at radius 1 is 1.25 bits per heavy atom. The van der Waals surface area contributed by atoms with Crippen LogP contribution in [0.1, 0.15) is 62.6 Å². The molecule has 1 atom stereocenters. The van der Waals surface area contributed by atoms with Gasteiger partial charge in [-0.1, -0.05) is 11.6 Å². The van der Waals surface area contributed by atoms with Crippen LogP contribution in [0.15, 0.2) is 22.6 Å². The number of halogens is 5. The standard InChI is InChI=1S/C22H24ClFN3O4.CF3.U/c23-15-5-4-14(10-16(15)24)30-12-18(29)25-22-8-6-21(7-9-22,11-17(22)28)20-27-26-19(31-20)13-2-1-3-13;2-1(3)4;/h1,4-5,10,13,17,28H,2-3,6-9,11-12H2,(H,25,29);;/q2*-1;+2. The normalized spacial score (nSPS) is 26.9. The summed E-state index contributed by atoms with van der Waals surface area (Å²) in [5.41, 5.74) is -1.03. The molecule has 2 bridgehead atoms. The summed E-state index contributed by atoms with van der Waals surface area (Å²) in [6.07, 6.45) is 6.62. The summed E-state index contributed by atoms with van der Waals surface area (Å²) >= 11 is 5.66. The molecule has 0 spiro atoms. The van der Waals surface area contributed by atoms with E-state index in [1.165, 1.54) is 12.1 Å². The molecule has 4 saturated carbocycles. The van der Waals surface area contributed by atoms with Crippen LogP contribution in [0.5, 0.6) is 5.75 Å². The molecule has 2 aromatic rings. The van der Waals surface area contributed by atoms with Gasteiger partial charge in [0.25, 0.3) is 5.91 Å². The molecule has 0 radical (unpaired) electrons. The van der Waals surface area contributed by atoms with E-state index in [0.717, 1.165) is 31.7 Å². The van der Waals surface area contributed by atoms with Crippen LogP contribution in [0.4, 0.5) is 17.6 Å². The first kappa shape index (κ1) is 29.2. The molecule has 4 aliphatic carbocycles. The van der Waals surface area contributed by atoms with Gasteiger partial charge in [-0.25, -0.2) is 4.39 Å². The average Bonchev–Trinajstić information content (AvgIpc) is 3.24. The van der Waals surface area contributed by atoms with Crippen LogP contribution in [0.2, 0.25) is 5.02 Å². The number of amides is 1. The summed E-state index contributed by atoms with van der Waals surface area (Å²) in [4.78, 5) is 12.5. The zero-order chi connectivity index (χ0) is 25.2. The molecule has 7 nitrogen and oxygen atoms in total. The minimum atomic E-state index is -3.08. The number of hydrogen-bond acceptors (Lipinski definition) is 6. The number of carbonyl (C=O) groups is 1. The Labute approximate surface area is 234 Å². The van der Waals surface area contributed by atoms with Crippen molar-refractivity contribution in [3.05, 3.63) is 53.9 Å². The van der Waals surface area contributed by atoms with Gasteiger partial charge in [-0.2, -0.15) is 12.8 Å². The number of aliphatic hydroxyl groups is 1. The van der Waals surface area contributed by atoms with Gasteiger partial charge in [0, 0.05) is 6.07 Å². The first-order valence-electron chi connectivity index (χ1n) is 11.2. The van der Waals surface area contributed by atoms with Crippen molar-refractivity contribution in [3.63, 3.8) is 0 Å². The zero-order valence-corrected chi connectivity index (χ0v) is 24.0. The summed E-state index contributed by atoms with van der Waals surface area (Å²) in [5.74, 6) is 0.878. The van der Waals surface area contributed by atoms with Crippen LogP contribution < -0.4 is 10.1 Å². The molecule has 36 heavy (non-hydrogen) atoms. The maximum atomic E-state index is 13.5.